The van der Waals surface area contributed by atoms with E-state index < -0.39 is 0 Å². The van der Waals surface area contributed by atoms with Crippen molar-refractivity contribution >= 4 is 11.8 Å². The van der Waals surface area contributed by atoms with Crippen LogP contribution in [0.2, 0.25) is 0 Å². The fourth-order valence-electron chi connectivity index (χ4n) is 3.30. The Labute approximate surface area is 163 Å². The maximum absolute atomic E-state index is 13.0. The van der Waals surface area contributed by atoms with Gasteiger partial charge >= 0.3 is 0 Å². The molecule has 0 radical (unpaired) electrons. The maximum Gasteiger partial charge on any atom is 0.287 e. The van der Waals surface area contributed by atoms with Gasteiger partial charge in [0.25, 0.3) is 11.8 Å². The number of halogens is 1. The molecule has 28 heavy (non-hydrogen) atoms. The van der Waals surface area contributed by atoms with Crippen molar-refractivity contribution < 1.29 is 18.7 Å². The third-order valence-corrected chi connectivity index (χ3v) is 4.74. The number of nitrogens with one attached hydrogen (secondary N) is 2. The highest BCUT2D eigenvalue weighted by molar-refractivity contribution is 5.97. The number of aromatic nitrogens is 2. The quantitative estimate of drug-likeness (QED) is 0.674. The van der Waals surface area contributed by atoms with E-state index in [1.165, 1.54) is 12.1 Å². The Bertz CT molecular complexity index is 833. The number of ether oxygens (including phenoxy) is 1. The lowest BCUT2D eigenvalue weighted by Crippen LogP contribution is -2.29. The SMILES string of the molecule is COCCNC(=O)c1nc(C(=O)NCCc2ccc(F)cc2)n2c1CCCC2. The minimum Gasteiger partial charge on any atom is -0.383 e. The lowest BCUT2D eigenvalue weighted by molar-refractivity contribution is 0.0931. The van der Waals surface area contributed by atoms with Gasteiger partial charge in [0.15, 0.2) is 5.82 Å². The van der Waals surface area contributed by atoms with Crippen LogP contribution in [0.4, 0.5) is 4.39 Å². The van der Waals surface area contributed by atoms with Crippen molar-refractivity contribution in [2.24, 2.45) is 0 Å². The van der Waals surface area contributed by atoms with Crippen molar-refractivity contribution in [1.29, 1.82) is 0 Å². The topological polar surface area (TPSA) is 85.2 Å². The number of amides is 2. The lowest BCUT2D eigenvalue weighted by Gasteiger charge is -2.17. The van der Waals surface area contributed by atoms with Crippen LogP contribution in [0, 0.1) is 5.82 Å². The highest BCUT2D eigenvalue weighted by Gasteiger charge is 2.27. The van der Waals surface area contributed by atoms with Gasteiger partial charge in [-0.2, -0.15) is 0 Å². The van der Waals surface area contributed by atoms with Crippen molar-refractivity contribution in [3.05, 3.63) is 52.9 Å². The standard InChI is InChI=1S/C20H25FN4O3/c1-28-13-11-23-19(26)17-16-4-2-3-12-25(16)18(24-17)20(27)22-10-9-14-5-7-15(21)8-6-14/h5-8H,2-4,9-13H2,1H3,(H,22,27)(H,23,26). The molecular formula is C20H25FN4O3. The molecule has 1 aromatic carbocycles. The van der Waals surface area contributed by atoms with E-state index >= 15 is 0 Å². The van der Waals surface area contributed by atoms with Crippen molar-refractivity contribution in [2.75, 3.05) is 26.8 Å². The van der Waals surface area contributed by atoms with Crippen molar-refractivity contribution in [3.63, 3.8) is 0 Å². The van der Waals surface area contributed by atoms with Crippen LogP contribution >= 0.6 is 0 Å². The van der Waals surface area contributed by atoms with Crippen LogP contribution in [0.3, 0.4) is 0 Å². The van der Waals surface area contributed by atoms with Gasteiger partial charge in [0.2, 0.25) is 0 Å². The molecule has 0 atom stereocenters. The smallest absolute Gasteiger partial charge is 0.287 e. The number of imidazole rings is 1. The number of rotatable bonds is 8. The van der Waals surface area contributed by atoms with Crippen LogP contribution in [-0.2, 0) is 24.1 Å². The van der Waals surface area contributed by atoms with E-state index in [0.717, 1.165) is 30.5 Å². The molecule has 7 nitrogen and oxygen atoms in total. The van der Waals surface area contributed by atoms with Crippen molar-refractivity contribution in [1.82, 2.24) is 20.2 Å². The summed E-state index contributed by atoms with van der Waals surface area (Å²) in [5.41, 5.74) is 2.06. The van der Waals surface area contributed by atoms with Gasteiger partial charge in [0, 0.05) is 26.7 Å². The van der Waals surface area contributed by atoms with Crippen molar-refractivity contribution in [3.8, 4) is 0 Å². The van der Waals surface area contributed by atoms with E-state index in [4.69, 9.17) is 4.74 Å². The second-order valence-corrected chi connectivity index (χ2v) is 6.72. The van der Waals surface area contributed by atoms with E-state index in [9.17, 15) is 14.0 Å². The Kier molecular flexibility index (Phi) is 6.76. The molecule has 1 aromatic heterocycles. The van der Waals surface area contributed by atoms with E-state index in [1.807, 2.05) is 4.57 Å². The van der Waals surface area contributed by atoms with Gasteiger partial charge in [0.1, 0.15) is 11.5 Å². The fraction of sp³-hybridized carbons (Fsp3) is 0.450. The molecular weight excluding hydrogens is 363 g/mol. The number of carbonyl (C=O) groups is 2. The van der Waals surface area contributed by atoms with Gasteiger partial charge in [-0.05, 0) is 43.4 Å². The van der Waals surface area contributed by atoms with Gasteiger partial charge in [-0.15, -0.1) is 0 Å². The minimum atomic E-state index is -0.304. The molecule has 1 aliphatic rings. The third kappa shape index (κ3) is 4.75. The second-order valence-electron chi connectivity index (χ2n) is 6.72. The molecule has 150 valence electrons. The average Bonchev–Trinajstić information content (AvgIpc) is 3.09. The molecule has 8 heteroatoms. The molecule has 0 spiro atoms. The molecule has 0 saturated heterocycles. The van der Waals surface area contributed by atoms with Crippen LogP contribution < -0.4 is 10.6 Å². The fourth-order valence-corrected chi connectivity index (χ4v) is 3.30. The van der Waals surface area contributed by atoms with Gasteiger partial charge < -0.3 is 19.9 Å². The molecule has 2 aromatic rings. The zero-order chi connectivity index (χ0) is 19.9. The largest absolute Gasteiger partial charge is 0.383 e. The van der Waals surface area contributed by atoms with Gasteiger partial charge in [0.05, 0.1) is 12.3 Å². The molecule has 2 heterocycles. The second kappa shape index (κ2) is 9.45. The molecule has 0 fully saturated rings. The maximum atomic E-state index is 13.0. The number of fused-ring (bicyclic) bond motifs is 1. The first-order valence-electron chi connectivity index (χ1n) is 9.49. The summed E-state index contributed by atoms with van der Waals surface area (Å²) in [6.07, 6.45) is 3.23. The number of methoxy groups -OCH3 is 1. The zero-order valence-electron chi connectivity index (χ0n) is 16.0. The predicted octanol–water partition coefficient (Wildman–Crippen LogP) is 1.71. The monoisotopic (exact) mass is 388 g/mol. The van der Waals surface area contributed by atoms with Crippen LogP contribution in [-0.4, -0.2) is 48.2 Å². The van der Waals surface area contributed by atoms with Crippen molar-refractivity contribution in [2.45, 2.75) is 32.2 Å². The Morgan fingerprint density at radius 3 is 2.64 bits per heavy atom. The lowest BCUT2D eigenvalue weighted by atomic mass is 10.1. The number of benzene rings is 1. The summed E-state index contributed by atoms with van der Waals surface area (Å²) in [4.78, 5) is 29.5. The molecule has 2 amide bonds. The zero-order valence-corrected chi connectivity index (χ0v) is 16.0. The molecule has 0 aliphatic carbocycles. The van der Waals surface area contributed by atoms with Gasteiger partial charge in [-0.3, -0.25) is 9.59 Å². The molecule has 0 bridgehead atoms. The van der Waals surface area contributed by atoms with E-state index in [-0.39, 0.29) is 23.5 Å². The van der Waals surface area contributed by atoms with E-state index in [1.54, 1.807) is 19.2 Å². The van der Waals surface area contributed by atoms with E-state index in [2.05, 4.69) is 15.6 Å². The first-order chi connectivity index (χ1) is 13.6. The number of carbonyl (C=O) groups excluding carboxylic acids is 2. The number of nitrogens with zero attached hydrogens (tertiary/aromatic N) is 2. The van der Waals surface area contributed by atoms with Crippen LogP contribution in [0.5, 0.6) is 0 Å². The molecule has 1 aliphatic heterocycles. The Morgan fingerprint density at radius 1 is 1.14 bits per heavy atom. The minimum absolute atomic E-state index is 0.269. The average molecular weight is 388 g/mol. The summed E-state index contributed by atoms with van der Waals surface area (Å²) in [5.74, 6) is -0.604. The molecule has 0 unspecified atom stereocenters. The highest BCUT2D eigenvalue weighted by Crippen LogP contribution is 2.21. The third-order valence-electron chi connectivity index (χ3n) is 4.74. The molecule has 2 N–H and O–H groups in total. The van der Waals surface area contributed by atoms with Gasteiger partial charge in [-0.1, -0.05) is 12.1 Å². The summed E-state index contributed by atoms with van der Waals surface area (Å²) in [6.45, 7) is 1.88. The summed E-state index contributed by atoms with van der Waals surface area (Å²) in [6, 6.07) is 6.19. The summed E-state index contributed by atoms with van der Waals surface area (Å²) >= 11 is 0. The van der Waals surface area contributed by atoms with Crippen LogP contribution in [0.1, 0.15) is 45.2 Å². The number of hydrogen-bond acceptors (Lipinski definition) is 4. The first kappa shape index (κ1) is 20.0. The highest BCUT2D eigenvalue weighted by atomic mass is 19.1. The van der Waals surface area contributed by atoms with Gasteiger partial charge in [-0.25, -0.2) is 9.37 Å². The predicted molar refractivity (Wildman–Crippen MR) is 102 cm³/mol. The summed E-state index contributed by atoms with van der Waals surface area (Å²) in [5, 5.41) is 5.62. The summed E-state index contributed by atoms with van der Waals surface area (Å²) < 4.78 is 19.8. The Balaban J connectivity index is 1.67. The van der Waals surface area contributed by atoms with Crippen LogP contribution in [0.25, 0.3) is 0 Å². The molecule has 0 saturated carbocycles. The van der Waals surface area contributed by atoms with Crippen LogP contribution in [0.15, 0.2) is 24.3 Å². The van der Waals surface area contributed by atoms with E-state index in [0.29, 0.717) is 38.4 Å². The Morgan fingerprint density at radius 2 is 1.89 bits per heavy atom. The normalized spacial score (nSPS) is 13.1. The Hall–Kier alpha value is -2.74. The molecule has 3 rings (SSSR count). The first-order valence-corrected chi connectivity index (χ1v) is 9.49. The summed E-state index contributed by atoms with van der Waals surface area (Å²) in [7, 11) is 1.57. The number of hydrogen-bond donors (Lipinski definition) is 2.